The summed E-state index contributed by atoms with van der Waals surface area (Å²) in [5.41, 5.74) is 8.93. The largest absolute Gasteiger partial charge is 0.0622 e. The Balaban J connectivity index is 1.88. The second kappa shape index (κ2) is 10.9. The van der Waals surface area contributed by atoms with Crippen molar-refractivity contribution in [1.29, 1.82) is 0 Å². The van der Waals surface area contributed by atoms with Gasteiger partial charge in [0, 0.05) is 5.92 Å². The molecule has 5 aromatic carbocycles. The first-order valence-corrected chi connectivity index (χ1v) is 14.5. The van der Waals surface area contributed by atoms with Gasteiger partial charge in [0.15, 0.2) is 0 Å². The summed E-state index contributed by atoms with van der Waals surface area (Å²) in [6.07, 6.45) is 0. The zero-order chi connectivity index (χ0) is 28.4. The third-order valence-corrected chi connectivity index (χ3v) is 8.34. The molecule has 5 rings (SSSR count). The highest BCUT2D eigenvalue weighted by Crippen LogP contribution is 2.53. The SMILES string of the molecule is CC(C)(C)c1ccc(C(c2ccc(C(C)(C)C)cc2)C(c2ccccc2)(c2ccccc2)c2ccccc2)cc1. The Morgan fingerprint density at radius 2 is 0.600 bits per heavy atom. The Kier molecular flexibility index (Phi) is 7.56. The summed E-state index contributed by atoms with van der Waals surface area (Å²) in [4.78, 5) is 0. The molecule has 0 spiro atoms. The lowest BCUT2D eigenvalue weighted by Crippen LogP contribution is -2.37. The Labute approximate surface area is 241 Å². The second-order valence-electron chi connectivity index (χ2n) is 13.1. The van der Waals surface area contributed by atoms with Crippen LogP contribution in [0.3, 0.4) is 0 Å². The van der Waals surface area contributed by atoms with Crippen molar-refractivity contribution in [3.63, 3.8) is 0 Å². The van der Waals surface area contributed by atoms with Gasteiger partial charge in [0.25, 0.3) is 0 Å². The van der Waals surface area contributed by atoms with E-state index in [1.807, 2.05) is 0 Å². The molecule has 0 bridgehead atoms. The van der Waals surface area contributed by atoms with Crippen molar-refractivity contribution in [3.05, 3.63) is 178 Å². The standard InChI is InChI=1S/C40H42/c1-38(2,3)32-26-22-30(23-27-32)37(31-24-28-33(29-25-31)39(4,5)6)40(34-16-10-7-11-17-34,35-18-12-8-13-19-35)36-20-14-9-15-21-36/h7-29,37H,1-6H3. The van der Waals surface area contributed by atoms with Crippen molar-refractivity contribution in [2.45, 2.75) is 63.7 Å². The molecule has 40 heavy (non-hydrogen) atoms. The molecule has 0 saturated carbocycles. The van der Waals surface area contributed by atoms with E-state index < -0.39 is 5.41 Å². The van der Waals surface area contributed by atoms with E-state index >= 15 is 0 Å². The van der Waals surface area contributed by atoms with Crippen LogP contribution in [0.5, 0.6) is 0 Å². The highest BCUT2D eigenvalue weighted by molar-refractivity contribution is 5.58. The van der Waals surface area contributed by atoms with Crippen LogP contribution in [-0.2, 0) is 16.2 Å². The van der Waals surface area contributed by atoms with E-state index in [1.54, 1.807) is 0 Å². The minimum atomic E-state index is -0.448. The molecule has 0 nitrogen and oxygen atoms in total. The van der Waals surface area contributed by atoms with E-state index in [2.05, 4.69) is 181 Å². The summed E-state index contributed by atoms with van der Waals surface area (Å²) < 4.78 is 0. The van der Waals surface area contributed by atoms with Gasteiger partial charge in [-0.2, -0.15) is 0 Å². The molecule has 0 aliphatic rings. The van der Waals surface area contributed by atoms with Gasteiger partial charge in [-0.1, -0.05) is 181 Å². The average molecular weight is 523 g/mol. The van der Waals surface area contributed by atoms with E-state index in [0.717, 1.165) is 0 Å². The third kappa shape index (κ3) is 5.28. The lowest BCUT2D eigenvalue weighted by Gasteiger charge is -2.44. The number of rotatable bonds is 6. The van der Waals surface area contributed by atoms with Crippen LogP contribution in [0.2, 0.25) is 0 Å². The quantitative estimate of drug-likeness (QED) is 0.195. The van der Waals surface area contributed by atoms with Crippen LogP contribution < -0.4 is 0 Å². The topological polar surface area (TPSA) is 0 Å². The normalized spacial score (nSPS) is 12.5. The van der Waals surface area contributed by atoms with Gasteiger partial charge in [-0.15, -0.1) is 0 Å². The molecule has 0 saturated heterocycles. The second-order valence-corrected chi connectivity index (χ2v) is 13.1. The summed E-state index contributed by atoms with van der Waals surface area (Å²) in [6, 6.07) is 52.1. The van der Waals surface area contributed by atoms with Crippen molar-refractivity contribution in [2.75, 3.05) is 0 Å². The molecule has 0 aliphatic carbocycles. The summed E-state index contributed by atoms with van der Waals surface area (Å²) in [7, 11) is 0. The molecule has 0 heteroatoms. The minimum Gasteiger partial charge on any atom is -0.0622 e. The summed E-state index contributed by atoms with van der Waals surface area (Å²) >= 11 is 0. The van der Waals surface area contributed by atoms with Crippen LogP contribution in [0.1, 0.15) is 86.4 Å². The first kappa shape index (κ1) is 27.7. The Morgan fingerprint density at radius 1 is 0.325 bits per heavy atom. The van der Waals surface area contributed by atoms with Gasteiger partial charge in [-0.25, -0.2) is 0 Å². The molecule has 0 aliphatic heterocycles. The lowest BCUT2D eigenvalue weighted by atomic mass is 9.58. The lowest BCUT2D eigenvalue weighted by molar-refractivity contribution is 0.534. The number of hydrogen-bond donors (Lipinski definition) is 0. The van der Waals surface area contributed by atoms with Gasteiger partial charge < -0.3 is 0 Å². The van der Waals surface area contributed by atoms with Gasteiger partial charge in [0.2, 0.25) is 0 Å². The van der Waals surface area contributed by atoms with Gasteiger partial charge in [0.1, 0.15) is 0 Å². The smallest absolute Gasteiger partial charge is 0.0560 e. The first-order chi connectivity index (χ1) is 19.1. The molecular formula is C40H42. The van der Waals surface area contributed by atoms with Crippen LogP contribution in [0.25, 0.3) is 0 Å². The Hall–Kier alpha value is -3.90. The summed E-state index contributed by atoms with van der Waals surface area (Å²) in [6.45, 7) is 13.7. The number of benzene rings is 5. The summed E-state index contributed by atoms with van der Waals surface area (Å²) in [5, 5.41) is 0. The van der Waals surface area contributed by atoms with Gasteiger partial charge >= 0.3 is 0 Å². The fourth-order valence-corrected chi connectivity index (χ4v) is 6.15. The molecule has 0 heterocycles. The molecule has 0 radical (unpaired) electrons. The first-order valence-electron chi connectivity index (χ1n) is 14.5. The van der Waals surface area contributed by atoms with E-state index in [4.69, 9.17) is 0 Å². The monoisotopic (exact) mass is 522 g/mol. The van der Waals surface area contributed by atoms with Gasteiger partial charge in [0.05, 0.1) is 5.41 Å². The van der Waals surface area contributed by atoms with Crippen LogP contribution in [0.15, 0.2) is 140 Å². The van der Waals surface area contributed by atoms with Crippen molar-refractivity contribution < 1.29 is 0 Å². The van der Waals surface area contributed by atoms with E-state index in [-0.39, 0.29) is 16.7 Å². The average Bonchev–Trinajstić information content (AvgIpc) is 2.96. The molecule has 0 aromatic heterocycles. The molecule has 0 unspecified atom stereocenters. The molecule has 0 fully saturated rings. The van der Waals surface area contributed by atoms with Crippen LogP contribution >= 0.6 is 0 Å². The zero-order valence-electron chi connectivity index (χ0n) is 24.9. The van der Waals surface area contributed by atoms with Gasteiger partial charge in [-0.3, -0.25) is 0 Å². The van der Waals surface area contributed by atoms with Crippen LogP contribution in [0, 0.1) is 0 Å². The molecule has 5 aromatic rings. The van der Waals surface area contributed by atoms with Crippen LogP contribution in [0.4, 0.5) is 0 Å². The molecule has 0 N–H and O–H groups in total. The molecular weight excluding hydrogens is 480 g/mol. The maximum absolute atomic E-state index is 2.37. The van der Waals surface area contributed by atoms with E-state index in [9.17, 15) is 0 Å². The van der Waals surface area contributed by atoms with Gasteiger partial charge in [-0.05, 0) is 49.8 Å². The highest BCUT2D eigenvalue weighted by atomic mass is 14.5. The van der Waals surface area contributed by atoms with Crippen molar-refractivity contribution in [2.24, 2.45) is 0 Å². The van der Waals surface area contributed by atoms with Crippen molar-refractivity contribution in [1.82, 2.24) is 0 Å². The van der Waals surface area contributed by atoms with Crippen molar-refractivity contribution in [3.8, 4) is 0 Å². The highest BCUT2D eigenvalue weighted by Gasteiger charge is 2.45. The zero-order valence-corrected chi connectivity index (χ0v) is 24.9. The Bertz CT molecular complexity index is 1340. The summed E-state index contributed by atoms with van der Waals surface area (Å²) in [5.74, 6) is 0.0442. The van der Waals surface area contributed by atoms with E-state index in [0.29, 0.717) is 0 Å². The predicted octanol–water partition coefficient (Wildman–Crippen LogP) is 10.4. The molecule has 0 amide bonds. The minimum absolute atomic E-state index is 0.0442. The van der Waals surface area contributed by atoms with E-state index in [1.165, 1.54) is 38.9 Å². The number of hydrogen-bond acceptors (Lipinski definition) is 0. The fourth-order valence-electron chi connectivity index (χ4n) is 6.15. The maximum atomic E-state index is 2.37. The van der Waals surface area contributed by atoms with Crippen LogP contribution in [-0.4, -0.2) is 0 Å². The molecule has 0 atom stereocenters. The molecule has 202 valence electrons. The predicted molar refractivity (Wildman–Crippen MR) is 171 cm³/mol. The third-order valence-electron chi connectivity index (χ3n) is 8.34. The van der Waals surface area contributed by atoms with Crippen molar-refractivity contribution >= 4 is 0 Å². The maximum Gasteiger partial charge on any atom is 0.0560 e. The fraction of sp³-hybridized carbons (Fsp3) is 0.250. The Morgan fingerprint density at radius 3 is 0.850 bits per heavy atom.